The molecule has 8 rings (SSSR count). The molecule has 4 heterocycles. The first-order chi connectivity index (χ1) is 14.8. The number of epoxide rings is 4. The Hall–Kier alpha value is -0.240. The first-order valence-electron chi connectivity index (χ1n) is 12.7. The van der Waals surface area contributed by atoms with Crippen LogP contribution in [0.5, 0.6) is 0 Å². The van der Waals surface area contributed by atoms with E-state index in [-0.39, 0.29) is 0 Å². The van der Waals surface area contributed by atoms with Crippen LogP contribution in [-0.4, -0.2) is 87.5 Å². The number of ether oxygens (including phenoxy) is 4. The fourth-order valence-electron chi connectivity index (χ4n) is 7.56. The molecule has 4 aliphatic heterocycles. The Kier molecular flexibility index (Phi) is 4.92. The van der Waals surface area contributed by atoms with Crippen molar-refractivity contribution in [3.63, 3.8) is 0 Å². The minimum absolute atomic E-state index is 0.497. The number of nitrogens with zero attached hydrogens (tertiary/aromatic N) is 1. The Balaban J connectivity index is 0.980. The van der Waals surface area contributed by atoms with Crippen molar-refractivity contribution < 1.29 is 18.9 Å². The Bertz CT molecular complexity index is 523. The molecule has 0 spiro atoms. The lowest BCUT2D eigenvalue weighted by Gasteiger charge is -2.59. The first kappa shape index (κ1) is 19.2. The van der Waals surface area contributed by atoms with Crippen molar-refractivity contribution in [3.8, 4) is 0 Å². The summed E-state index contributed by atoms with van der Waals surface area (Å²) in [5.41, 5.74) is 0. The summed E-state index contributed by atoms with van der Waals surface area (Å²) in [4.78, 5) is 2.69. The molecule has 0 aromatic heterocycles. The highest BCUT2D eigenvalue weighted by Gasteiger charge is 2.53. The predicted octanol–water partition coefficient (Wildman–Crippen LogP) is 1.67. The van der Waals surface area contributed by atoms with Gasteiger partial charge in [-0.3, -0.25) is 4.90 Å². The van der Waals surface area contributed by atoms with Crippen LogP contribution in [0.4, 0.5) is 0 Å². The van der Waals surface area contributed by atoms with Gasteiger partial charge in [-0.25, -0.2) is 0 Å². The standard InChI is InChI=1S/C24H38N2O4/c1-14-2-17-4-15(23(14)9-26(7-21-12-29-21)8-22-13-30-22)3-16(1)24(17)25-18(5-19-10-27-19)6-20-11-28-20/h14-25H,1-13H2. The first-order valence-corrected chi connectivity index (χ1v) is 12.7. The highest BCUT2D eigenvalue weighted by molar-refractivity contribution is 5.06. The molecular weight excluding hydrogens is 380 g/mol. The molecular formula is C24H38N2O4. The van der Waals surface area contributed by atoms with Gasteiger partial charge in [0.25, 0.3) is 0 Å². The van der Waals surface area contributed by atoms with Crippen molar-refractivity contribution in [1.82, 2.24) is 10.2 Å². The molecule has 0 aromatic rings. The van der Waals surface area contributed by atoms with E-state index in [0.29, 0.717) is 30.5 Å². The van der Waals surface area contributed by atoms with E-state index in [1.807, 2.05) is 0 Å². The zero-order chi connectivity index (χ0) is 19.7. The molecule has 4 aliphatic carbocycles. The van der Waals surface area contributed by atoms with Crippen LogP contribution in [0.25, 0.3) is 0 Å². The fourth-order valence-corrected chi connectivity index (χ4v) is 7.56. The normalized spacial score (nSPS) is 50.7. The van der Waals surface area contributed by atoms with Crippen LogP contribution in [0.1, 0.15) is 38.5 Å². The van der Waals surface area contributed by atoms with E-state index in [4.69, 9.17) is 18.9 Å². The summed E-state index contributed by atoms with van der Waals surface area (Å²) in [6.45, 7) is 7.42. The SMILES string of the molecule is C1OC1CC(CC1CO1)NC1C2CC3CC1CC(C2)C3CN(CC1CO1)CC1CO1. The van der Waals surface area contributed by atoms with Gasteiger partial charge in [0.05, 0.1) is 50.8 Å². The molecule has 4 bridgehead atoms. The molecule has 4 saturated carbocycles. The van der Waals surface area contributed by atoms with Crippen molar-refractivity contribution in [2.75, 3.05) is 46.1 Å². The summed E-state index contributed by atoms with van der Waals surface area (Å²) in [5.74, 6) is 4.61. The Morgan fingerprint density at radius 2 is 1.10 bits per heavy atom. The van der Waals surface area contributed by atoms with Crippen LogP contribution >= 0.6 is 0 Å². The van der Waals surface area contributed by atoms with Gasteiger partial charge in [0, 0.05) is 31.7 Å². The average molecular weight is 419 g/mol. The number of rotatable bonds is 12. The molecule has 8 fully saturated rings. The van der Waals surface area contributed by atoms with Crippen LogP contribution in [-0.2, 0) is 18.9 Å². The molecule has 0 aromatic carbocycles. The lowest BCUT2D eigenvalue weighted by Crippen LogP contribution is -2.60. The van der Waals surface area contributed by atoms with E-state index in [1.54, 1.807) is 0 Å². The predicted molar refractivity (Wildman–Crippen MR) is 111 cm³/mol. The van der Waals surface area contributed by atoms with Gasteiger partial charge in [-0.05, 0) is 68.1 Å². The van der Waals surface area contributed by atoms with E-state index in [1.165, 1.54) is 45.1 Å². The number of nitrogens with one attached hydrogen (secondary N) is 1. The number of hydrogen-bond donors (Lipinski definition) is 1. The van der Waals surface area contributed by atoms with Crippen molar-refractivity contribution in [2.24, 2.45) is 29.6 Å². The second-order valence-electron chi connectivity index (χ2n) is 11.5. The van der Waals surface area contributed by atoms with Crippen LogP contribution < -0.4 is 5.32 Å². The molecule has 168 valence electrons. The third-order valence-corrected chi connectivity index (χ3v) is 9.17. The summed E-state index contributed by atoms with van der Waals surface area (Å²) in [6, 6.07) is 1.34. The van der Waals surface area contributed by atoms with Gasteiger partial charge in [-0.1, -0.05) is 0 Å². The minimum Gasteiger partial charge on any atom is -0.373 e. The van der Waals surface area contributed by atoms with E-state index >= 15 is 0 Å². The Morgan fingerprint density at radius 1 is 0.633 bits per heavy atom. The van der Waals surface area contributed by atoms with Gasteiger partial charge in [-0.2, -0.15) is 0 Å². The smallest absolute Gasteiger partial charge is 0.0936 e. The van der Waals surface area contributed by atoms with Crippen LogP contribution in [0.3, 0.4) is 0 Å². The Labute approximate surface area is 180 Å². The van der Waals surface area contributed by atoms with E-state index in [2.05, 4.69) is 10.2 Å². The zero-order valence-corrected chi connectivity index (χ0v) is 18.1. The van der Waals surface area contributed by atoms with Crippen molar-refractivity contribution in [1.29, 1.82) is 0 Å². The van der Waals surface area contributed by atoms with Crippen LogP contribution in [0.15, 0.2) is 0 Å². The molecule has 4 unspecified atom stereocenters. The Morgan fingerprint density at radius 3 is 1.53 bits per heavy atom. The van der Waals surface area contributed by atoms with Crippen molar-refractivity contribution in [3.05, 3.63) is 0 Å². The van der Waals surface area contributed by atoms with Gasteiger partial charge < -0.3 is 24.3 Å². The molecule has 6 nitrogen and oxygen atoms in total. The topological polar surface area (TPSA) is 65.4 Å². The van der Waals surface area contributed by atoms with Crippen LogP contribution in [0.2, 0.25) is 0 Å². The lowest BCUT2D eigenvalue weighted by molar-refractivity contribution is -0.0746. The zero-order valence-electron chi connectivity index (χ0n) is 18.1. The second-order valence-corrected chi connectivity index (χ2v) is 11.5. The molecule has 4 atom stereocenters. The summed E-state index contributed by atoms with van der Waals surface area (Å²) >= 11 is 0. The molecule has 8 aliphatic rings. The quantitative estimate of drug-likeness (QED) is 0.487. The lowest BCUT2D eigenvalue weighted by atomic mass is 9.50. The largest absolute Gasteiger partial charge is 0.373 e. The van der Waals surface area contributed by atoms with Gasteiger partial charge in [0.15, 0.2) is 0 Å². The second kappa shape index (κ2) is 7.67. The highest BCUT2D eigenvalue weighted by Crippen LogP contribution is 2.57. The van der Waals surface area contributed by atoms with Crippen molar-refractivity contribution >= 4 is 0 Å². The third kappa shape index (κ3) is 4.33. The van der Waals surface area contributed by atoms with Gasteiger partial charge in [0.1, 0.15) is 0 Å². The molecule has 30 heavy (non-hydrogen) atoms. The molecule has 0 radical (unpaired) electrons. The van der Waals surface area contributed by atoms with Crippen molar-refractivity contribution in [2.45, 2.75) is 75.0 Å². The minimum atomic E-state index is 0.497. The number of hydrogen-bond acceptors (Lipinski definition) is 6. The van der Waals surface area contributed by atoms with Gasteiger partial charge in [-0.15, -0.1) is 0 Å². The fraction of sp³-hybridized carbons (Fsp3) is 1.00. The molecule has 6 heteroatoms. The van der Waals surface area contributed by atoms with Gasteiger partial charge >= 0.3 is 0 Å². The maximum atomic E-state index is 5.56. The monoisotopic (exact) mass is 418 g/mol. The summed E-state index contributed by atoms with van der Waals surface area (Å²) in [6.07, 6.45) is 10.2. The summed E-state index contributed by atoms with van der Waals surface area (Å²) in [5, 5.41) is 4.16. The maximum Gasteiger partial charge on any atom is 0.0936 e. The summed E-state index contributed by atoms with van der Waals surface area (Å²) < 4.78 is 22.2. The molecule has 0 amide bonds. The maximum absolute atomic E-state index is 5.56. The van der Waals surface area contributed by atoms with E-state index in [0.717, 1.165) is 75.1 Å². The van der Waals surface area contributed by atoms with Gasteiger partial charge in [0.2, 0.25) is 0 Å². The summed E-state index contributed by atoms with van der Waals surface area (Å²) in [7, 11) is 0. The average Bonchev–Trinajstić information content (AvgIpc) is 3.54. The molecule has 1 N–H and O–H groups in total. The van der Waals surface area contributed by atoms with E-state index < -0.39 is 0 Å². The molecule has 4 saturated heterocycles. The van der Waals surface area contributed by atoms with E-state index in [9.17, 15) is 0 Å². The third-order valence-electron chi connectivity index (χ3n) is 9.17. The highest BCUT2D eigenvalue weighted by atomic mass is 16.6. The van der Waals surface area contributed by atoms with Crippen LogP contribution in [0, 0.1) is 29.6 Å².